The molecule has 0 aliphatic heterocycles. The summed E-state index contributed by atoms with van der Waals surface area (Å²) in [4.78, 5) is 7.84. The molecule has 3 rings (SSSR count). The van der Waals surface area contributed by atoms with Gasteiger partial charge in [-0.25, -0.2) is 4.98 Å². The van der Waals surface area contributed by atoms with Crippen molar-refractivity contribution in [2.75, 3.05) is 13.7 Å². The average Bonchev–Trinajstić information content (AvgIpc) is 2.94. The fourth-order valence-corrected chi connectivity index (χ4v) is 3.86. The molecule has 1 aromatic carbocycles. The minimum atomic E-state index is 0.603. The second-order valence-corrected chi connectivity index (χ2v) is 6.89. The summed E-state index contributed by atoms with van der Waals surface area (Å²) in [5.41, 5.74) is 9.87. The molecule has 6 heteroatoms. The number of hydrogen-bond acceptors (Lipinski definition) is 3. The van der Waals surface area contributed by atoms with Crippen molar-refractivity contribution in [1.82, 2.24) is 9.97 Å². The lowest BCUT2D eigenvalue weighted by Gasteiger charge is -2.08. The number of aromatic nitrogens is 2. The van der Waals surface area contributed by atoms with Crippen LogP contribution in [0.15, 0.2) is 34.9 Å². The van der Waals surface area contributed by atoms with Crippen LogP contribution < -0.4 is 10.5 Å². The predicted molar refractivity (Wildman–Crippen MR) is 103 cm³/mol. The van der Waals surface area contributed by atoms with Crippen molar-refractivity contribution in [3.05, 3.63) is 45.5 Å². The Morgan fingerprint density at radius 3 is 2.92 bits per heavy atom. The maximum Gasteiger partial charge on any atom is 0.222 e. The van der Waals surface area contributed by atoms with Gasteiger partial charge in [0.1, 0.15) is 0 Å². The number of unbranched alkanes of at least 4 members (excludes halogenated alkanes) is 1. The van der Waals surface area contributed by atoms with Gasteiger partial charge in [0.15, 0.2) is 0 Å². The number of benzene rings is 1. The second kappa shape index (κ2) is 7.55. The molecule has 3 aromatic rings. The van der Waals surface area contributed by atoms with Crippen LogP contribution >= 0.6 is 27.5 Å². The van der Waals surface area contributed by atoms with Crippen LogP contribution in [0.2, 0.25) is 5.02 Å². The van der Waals surface area contributed by atoms with Crippen LogP contribution in [0, 0.1) is 0 Å². The molecule has 0 atom stereocenters. The first-order valence-corrected chi connectivity index (χ1v) is 9.01. The average molecular weight is 409 g/mol. The highest BCUT2D eigenvalue weighted by Gasteiger charge is 2.18. The number of H-pyrrole nitrogens is 1. The SMILES string of the molecule is COc1ncccc1-c1[nH]c2c(Br)cc(Cl)cc2c1CCCCN. The fraction of sp³-hybridized carbons (Fsp3) is 0.278. The highest BCUT2D eigenvalue weighted by molar-refractivity contribution is 9.10. The molecule has 0 unspecified atom stereocenters. The van der Waals surface area contributed by atoms with E-state index in [2.05, 4.69) is 25.9 Å². The zero-order valence-electron chi connectivity index (χ0n) is 13.4. The summed E-state index contributed by atoms with van der Waals surface area (Å²) in [6, 6.07) is 7.82. The minimum absolute atomic E-state index is 0.603. The molecule has 0 saturated heterocycles. The molecule has 126 valence electrons. The zero-order chi connectivity index (χ0) is 17.1. The number of rotatable bonds is 6. The lowest BCUT2D eigenvalue weighted by molar-refractivity contribution is 0.399. The van der Waals surface area contributed by atoms with Crippen LogP contribution in [0.5, 0.6) is 5.88 Å². The Bertz CT molecular complexity index is 863. The maximum absolute atomic E-state index is 6.27. The van der Waals surface area contributed by atoms with E-state index in [4.69, 9.17) is 22.1 Å². The van der Waals surface area contributed by atoms with Gasteiger partial charge in [0.25, 0.3) is 0 Å². The van der Waals surface area contributed by atoms with Gasteiger partial charge < -0.3 is 15.5 Å². The van der Waals surface area contributed by atoms with Crippen molar-refractivity contribution < 1.29 is 4.74 Å². The summed E-state index contributed by atoms with van der Waals surface area (Å²) in [6.45, 7) is 0.693. The Morgan fingerprint density at radius 2 is 2.17 bits per heavy atom. The van der Waals surface area contributed by atoms with Gasteiger partial charge in [-0.3, -0.25) is 0 Å². The van der Waals surface area contributed by atoms with Crippen molar-refractivity contribution >= 4 is 38.4 Å². The number of aromatic amines is 1. The van der Waals surface area contributed by atoms with E-state index in [1.807, 2.05) is 24.3 Å². The van der Waals surface area contributed by atoms with Gasteiger partial charge in [0.2, 0.25) is 5.88 Å². The van der Waals surface area contributed by atoms with E-state index in [1.165, 1.54) is 5.56 Å². The number of methoxy groups -OCH3 is 1. The monoisotopic (exact) mass is 407 g/mol. The Kier molecular flexibility index (Phi) is 5.43. The molecule has 0 saturated carbocycles. The summed E-state index contributed by atoms with van der Waals surface area (Å²) < 4.78 is 6.39. The van der Waals surface area contributed by atoms with Crippen molar-refractivity contribution in [2.24, 2.45) is 5.73 Å². The molecule has 0 fully saturated rings. The summed E-state index contributed by atoms with van der Waals surface area (Å²) >= 11 is 9.87. The molecule has 0 aliphatic carbocycles. The van der Waals surface area contributed by atoms with Gasteiger partial charge in [0, 0.05) is 21.1 Å². The molecule has 0 aliphatic rings. The number of nitrogens with one attached hydrogen (secondary N) is 1. The third-order valence-electron chi connectivity index (χ3n) is 4.05. The van der Waals surface area contributed by atoms with E-state index in [9.17, 15) is 0 Å². The van der Waals surface area contributed by atoms with Gasteiger partial charge in [-0.15, -0.1) is 0 Å². The molecule has 2 aromatic heterocycles. The smallest absolute Gasteiger partial charge is 0.222 e. The number of ether oxygens (including phenoxy) is 1. The standard InChI is InChI=1S/C18H19BrClN3O/c1-24-18-13(6-4-8-22-18)16-12(5-2-3-7-21)14-9-11(20)10-15(19)17(14)23-16/h4,6,8-10,23H,2-3,5,7,21H2,1H3. The topological polar surface area (TPSA) is 63.9 Å². The van der Waals surface area contributed by atoms with Crippen molar-refractivity contribution in [3.63, 3.8) is 0 Å². The number of halogens is 2. The highest BCUT2D eigenvalue weighted by atomic mass is 79.9. The highest BCUT2D eigenvalue weighted by Crippen LogP contribution is 2.39. The fourth-order valence-electron chi connectivity index (χ4n) is 2.95. The van der Waals surface area contributed by atoms with Gasteiger partial charge in [-0.1, -0.05) is 11.6 Å². The van der Waals surface area contributed by atoms with Crippen LogP contribution in [-0.2, 0) is 6.42 Å². The molecule has 0 amide bonds. The van der Waals surface area contributed by atoms with E-state index >= 15 is 0 Å². The van der Waals surface area contributed by atoms with Gasteiger partial charge >= 0.3 is 0 Å². The van der Waals surface area contributed by atoms with E-state index in [0.717, 1.165) is 45.9 Å². The van der Waals surface area contributed by atoms with E-state index in [0.29, 0.717) is 17.4 Å². The molecule has 0 spiro atoms. The molecular formula is C18H19BrClN3O. The van der Waals surface area contributed by atoms with Gasteiger partial charge in [0.05, 0.1) is 23.9 Å². The lowest BCUT2D eigenvalue weighted by atomic mass is 10.0. The second-order valence-electron chi connectivity index (χ2n) is 5.59. The first-order chi connectivity index (χ1) is 11.7. The molecule has 0 bridgehead atoms. The van der Waals surface area contributed by atoms with Crippen LogP contribution in [0.4, 0.5) is 0 Å². The zero-order valence-corrected chi connectivity index (χ0v) is 15.7. The van der Waals surface area contributed by atoms with E-state index in [1.54, 1.807) is 13.3 Å². The Balaban J connectivity index is 2.22. The van der Waals surface area contributed by atoms with Crippen LogP contribution in [-0.4, -0.2) is 23.6 Å². The van der Waals surface area contributed by atoms with Crippen molar-refractivity contribution in [2.45, 2.75) is 19.3 Å². The van der Waals surface area contributed by atoms with Crippen molar-refractivity contribution in [1.29, 1.82) is 0 Å². The lowest BCUT2D eigenvalue weighted by Crippen LogP contribution is -1.99. The minimum Gasteiger partial charge on any atom is -0.481 e. The number of nitrogens with zero attached hydrogens (tertiary/aromatic N) is 1. The number of pyridine rings is 1. The van der Waals surface area contributed by atoms with E-state index < -0.39 is 0 Å². The van der Waals surface area contributed by atoms with Crippen LogP contribution in [0.25, 0.3) is 22.2 Å². The summed E-state index contributed by atoms with van der Waals surface area (Å²) in [5.74, 6) is 0.603. The van der Waals surface area contributed by atoms with Gasteiger partial charge in [-0.05, 0) is 71.6 Å². The molecule has 2 heterocycles. The first kappa shape index (κ1) is 17.3. The number of hydrogen-bond donors (Lipinski definition) is 2. The maximum atomic E-state index is 6.27. The van der Waals surface area contributed by atoms with E-state index in [-0.39, 0.29) is 0 Å². The van der Waals surface area contributed by atoms with Crippen LogP contribution in [0.3, 0.4) is 0 Å². The molecular weight excluding hydrogens is 390 g/mol. The van der Waals surface area contributed by atoms with Gasteiger partial charge in [-0.2, -0.15) is 0 Å². The summed E-state index contributed by atoms with van der Waals surface area (Å²) in [5, 5.41) is 1.82. The quantitative estimate of drug-likeness (QED) is 0.568. The van der Waals surface area contributed by atoms with Crippen molar-refractivity contribution in [3.8, 4) is 17.1 Å². The van der Waals surface area contributed by atoms with Crippen LogP contribution in [0.1, 0.15) is 18.4 Å². The first-order valence-electron chi connectivity index (χ1n) is 7.84. The normalized spacial score (nSPS) is 11.2. The molecule has 24 heavy (non-hydrogen) atoms. The Labute approximate surface area is 154 Å². The number of aryl methyl sites for hydroxylation is 1. The largest absolute Gasteiger partial charge is 0.481 e. The number of fused-ring (bicyclic) bond motifs is 1. The molecule has 4 nitrogen and oxygen atoms in total. The molecule has 0 radical (unpaired) electrons. The molecule has 3 N–H and O–H groups in total. The Hall–Kier alpha value is -1.56. The third-order valence-corrected chi connectivity index (χ3v) is 4.89. The number of nitrogens with two attached hydrogens (primary N) is 1. The third kappa shape index (κ3) is 3.29. The summed E-state index contributed by atoms with van der Waals surface area (Å²) in [6.07, 6.45) is 4.64. The Morgan fingerprint density at radius 1 is 1.33 bits per heavy atom. The summed E-state index contributed by atoms with van der Waals surface area (Å²) in [7, 11) is 1.63. The predicted octanol–water partition coefficient (Wildman–Crippen LogP) is 4.94.